The lowest BCUT2D eigenvalue weighted by Crippen LogP contribution is -2.08. The second-order valence-corrected chi connectivity index (χ2v) is 4.90. The van der Waals surface area contributed by atoms with Gasteiger partial charge < -0.3 is 9.13 Å². The van der Waals surface area contributed by atoms with Crippen molar-refractivity contribution < 1.29 is 0 Å². The van der Waals surface area contributed by atoms with E-state index in [1.807, 2.05) is 24.0 Å². The Morgan fingerprint density at radius 2 is 2.35 bits per heavy atom. The molecule has 0 saturated heterocycles. The SMILES string of the molecule is Cn1ccnc1CCn1c(C2CC2)n[nH]c1=S. The van der Waals surface area contributed by atoms with Crippen LogP contribution in [-0.4, -0.2) is 24.3 Å². The molecule has 0 spiro atoms. The van der Waals surface area contributed by atoms with E-state index < -0.39 is 0 Å². The van der Waals surface area contributed by atoms with Crippen LogP contribution >= 0.6 is 12.2 Å². The van der Waals surface area contributed by atoms with Gasteiger partial charge in [-0.05, 0) is 25.1 Å². The molecule has 1 fully saturated rings. The van der Waals surface area contributed by atoms with Gasteiger partial charge in [0.1, 0.15) is 11.6 Å². The molecule has 1 aliphatic carbocycles. The van der Waals surface area contributed by atoms with Crippen LogP contribution in [0.15, 0.2) is 12.4 Å². The lowest BCUT2D eigenvalue weighted by Gasteiger charge is -2.06. The molecule has 6 heteroatoms. The molecule has 5 nitrogen and oxygen atoms in total. The summed E-state index contributed by atoms with van der Waals surface area (Å²) in [6.45, 7) is 0.853. The molecule has 3 rings (SSSR count). The third kappa shape index (κ3) is 2.04. The van der Waals surface area contributed by atoms with Crippen molar-refractivity contribution in [2.75, 3.05) is 0 Å². The van der Waals surface area contributed by atoms with E-state index in [2.05, 4.69) is 19.7 Å². The molecule has 0 amide bonds. The zero-order chi connectivity index (χ0) is 11.8. The van der Waals surface area contributed by atoms with Crippen LogP contribution in [0.5, 0.6) is 0 Å². The first-order valence-corrected chi connectivity index (χ1v) is 6.28. The molecule has 0 atom stereocenters. The summed E-state index contributed by atoms with van der Waals surface area (Å²) in [5, 5.41) is 7.21. The van der Waals surface area contributed by atoms with Gasteiger partial charge in [-0.2, -0.15) is 5.10 Å². The Kier molecular flexibility index (Phi) is 2.58. The highest BCUT2D eigenvalue weighted by atomic mass is 32.1. The number of aryl methyl sites for hydroxylation is 2. The van der Waals surface area contributed by atoms with Gasteiger partial charge in [0.05, 0.1) is 0 Å². The van der Waals surface area contributed by atoms with Crippen LogP contribution in [0.25, 0.3) is 0 Å². The van der Waals surface area contributed by atoms with Gasteiger partial charge in [0.15, 0.2) is 4.77 Å². The Morgan fingerprint density at radius 1 is 1.53 bits per heavy atom. The molecule has 1 saturated carbocycles. The van der Waals surface area contributed by atoms with E-state index in [1.165, 1.54) is 12.8 Å². The van der Waals surface area contributed by atoms with Crippen LogP contribution in [-0.2, 0) is 20.0 Å². The minimum absolute atomic E-state index is 0.615. The van der Waals surface area contributed by atoms with Crippen molar-refractivity contribution in [1.29, 1.82) is 0 Å². The normalized spacial score (nSPS) is 15.4. The molecule has 0 radical (unpaired) electrons. The van der Waals surface area contributed by atoms with Gasteiger partial charge in [-0.15, -0.1) is 0 Å². The predicted molar refractivity (Wildman–Crippen MR) is 66.3 cm³/mol. The van der Waals surface area contributed by atoms with Crippen molar-refractivity contribution in [3.05, 3.63) is 28.8 Å². The lowest BCUT2D eigenvalue weighted by atomic mass is 10.3. The van der Waals surface area contributed by atoms with E-state index in [-0.39, 0.29) is 0 Å². The molecule has 2 aromatic heterocycles. The maximum absolute atomic E-state index is 5.27. The number of nitrogens with zero attached hydrogens (tertiary/aromatic N) is 4. The summed E-state index contributed by atoms with van der Waals surface area (Å²) in [7, 11) is 2.01. The minimum atomic E-state index is 0.615. The summed E-state index contributed by atoms with van der Waals surface area (Å²) in [5.74, 6) is 2.81. The van der Waals surface area contributed by atoms with Crippen LogP contribution in [0.1, 0.15) is 30.4 Å². The average molecular weight is 249 g/mol. The van der Waals surface area contributed by atoms with Crippen molar-refractivity contribution in [2.24, 2.45) is 7.05 Å². The summed E-state index contributed by atoms with van der Waals surface area (Å²) in [5.41, 5.74) is 0. The molecule has 0 aliphatic heterocycles. The Hall–Kier alpha value is -1.43. The summed E-state index contributed by atoms with van der Waals surface area (Å²) in [4.78, 5) is 4.32. The maximum atomic E-state index is 5.27. The molecule has 90 valence electrons. The summed E-state index contributed by atoms with van der Waals surface area (Å²) >= 11 is 5.27. The van der Waals surface area contributed by atoms with Gasteiger partial charge in [0.25, 0.3) is 0 Å². The zero-order valence-corrected chi connectivity index (χ0v) is 10.6. The fourth-order valence-electron chi connectivity index (χ4n) is 2.05. The zero-order valence-electron chi connectivity index (χ0n) is 9.76. The molecule has 1 N–H and O–H groups in total. The third-order valence-electron chi connectivity index (χ3n) is 3.21. The standard InChI is InChI=1S/C11H15N5S/c1-15-7-5-12-9(15)4-6-16-10(8-2-3-8)13-14-11(16)17/h5,7-8H,2-4,6H2,1H3,(H,14,17). The number of nitrogens with one attached hydrogen (secondary N) is 1. The van der Waals surface area contributed by atoms with Crippen molar-refractivity contribution in [1.82, 2.24) is 24.3 Å². The van der Waals surface area contributed by atoms with Gasteiger partial charge in [-0.3, -0.25) is 5.10 Å². The van der Waals surface area contributed by atoms with Crippen LogP contribution in [0.2, 0.25) is 0 Å². The van der Waals surface area contributed by atoms with E-state index in [0.29, 0.717) is 5.92 Å². The van der Waals surface area contributed by atoms with Crippen molar-refractivity contribution >= 4 is 12.2 Å². The Bertz CT molecular complexity index is 575. The maximum Gasteiger partial charge on any atom is 0.195 e. The first-order chi connectivity index (χ1) is 8.25. The van der Waals surface area contributed by atoms with Crippen LogP contribution < -0.4 is 0 Å². The summed E-state index contributed by atoms with van der Waals surface area (Å²) < 4.78 is 4.88. The molecule has 0 unspecified atom stereocenters. The van der Waals surface area contributed by atoms with Gasteiger partial charge in [0, 0.05) is 38.3 Å². The quantitative estimate of drug-likeness (QED) is 0.841. The Balaban J connectivity index is 1.79. The highest BCUT2D eigenvalue weighted by molar-refractivity contribution is 7.71. The summed E-state index contributed by atoms with van der Waals surface area (Å²) in [6, 6.07) is 0. The molecular formula is C11H15N5S. The first kappa shape index (κ1) is 10.7. The number of aromatic amines is 1. The second kappa shape index (κ2) is 4.10. The van der Waals surface area contributed by atoms with Crippen molar-refractivity contribution in [2.45, 2.75) is 31.7 Å². The Labute approximate surface area is 104 Å². The predicted octanol–water partition coefficient (Wildman–Crippen LogP) is 1.79. The molecule has 2 heterocycles. The fourth-order valence-corrected chi connectivity index (χ4v) is 2.28. The number of hydrogen-bond acceptors (Lipinski definition) is 3. The first-order valence-electron chi connectivity index (χ1n) is 5.87. The van der Waals surface area contributed by atoms with Crippen molar-refractivity contribution in [3.8, 4) is 0 Å². The monoisotopic (exact) mass is 249 g/mol. The second-order valence-electron chi connectivity index (χ2n) is 4.52. The largest absolute Gasteiger partial charge is 0.338 e. The number of rotatable bonds is 4. The Morgan fingerprint density at radius 3 is 3.00 bits per heavy atom. The molecule has 0 bridgehead atoms. The highest BCUT2D eigenvalue weighted by Crippen LogP contribution is 2.38. The van der Waals surface area contributed by atoms with Crippen molar-refractivity contribution in [3.63, 3.8) is 0 Å². The van der Waals surface area contributed by atoms with Gasteiger partial charge >= 0.3 is 0 Å². The number of aromatic nitrogens is 5. The highest BCUT2D eigenvalue weighted by Gasteiger charge is 2.28. The molecule has 0 aromatic carbocycles. The van der Waals surface area contributed by atoms with Crippen LogP contribution in [0, 0.1) is 4.77 Å². The average Bonchev–Trinajstić information content (AvgIpc) is 2.98. The summed E-state index contributed by atoms with van der Waals surface area (Å²) in [6.07, 6.45) is 7.15. The topological polar surface area (TPSA) is 51.4 Å². The molecule has 17 heavy (non-hydrogen) atoms. The number of H-pyrrole nitrogens is 1. The van der Waals surface area contributed by atoms with E-state index in [9.17, 15) is 0 Å². The lowest BCUT2D eigenvalue weighted by molar-refractivity contribution is 0.615. The van der Waals surface area contributed by atoms with Gasteiger partial charge in [0.2, 0.25) is 0 Å². The van der Waals surface area contributed by atoms with Gasteiger partial charge in [-0.1, -0.05) is 0 Å². The minimum Gasteiger partial charge on any atom is -0.338 e. The fraction of sp³-hybridized carbons (Fsp3) is 0.545. The van der Waals surface area contributed by atoms with Crippen LogP contribution in [0.3, 0.4) is 0 Å². The van der Waals surface area contributed by atoms with E-state index in [1.54, 1.807) is 0 Å². The van der Waals surface area contributed by atoms with Gasteiger partial charge in [-0.25, -0.2) is 4.98 Å². The molecule has 2 aromatic rings. The smallest absolute Gasteiger partial charge is 0.195 e. The molecule has 1 aliphatic rings. The van der Waals surface area contributed by atoms with E-state index in [0.717, 1.165) is 29.4 Å². The number of imidazole rings is 1. The molecular weight excluding hydrogens is 234 g/mol. The van der Waals surface area contributed by atoms with E-state index in [4.69, 9.17) is 12.2 Å². The van der Waals surface area contributed by atoms with Crippen LogP contribution in [0.4, 0.5) is 0 Å². The van der Waals surface area contributed by atoms with E-state index >= 15 is 0 Å². The number of hydrogen-bond donors (Lipinski definition) is 1. The third-order valence-corrected chi connectivity index (χ3v) is 3.52.